The van der Waals surface area contributed by atoms with Gasteiger partial charge in [-0.25, -0.2) is 0 Å². The molecule has 0 saturated heterocycles. The molecule has 0 unspecified atom stereocenters. The molecule has 0 aliphatic heterocycles. The SMILES string of the molecule is C1=C(c2ccc3sc4c(ccc5ccc6c7ccccc7sc6c54)c3c2)CCC(c2c3ccccc3c(-c3ccc4ccccc4c3)c3ccccc23)=C1. The minimum Gasteiger partial charge on any atom is -0.134 e. The summed E-state index contributed by atoms with van der Waals surface area (Å²) >= 11 is 3.88. The van der Waals surface area contributed by atoms with E-state index in [4.69, 9.17) is 0 Å². The zero-order valence-corrected chi connectivity index (χ0v) is 31.0. The molecule has 12 rings (SSSR count). The standard InChI is InChI=1S/C52H32S2/c1-2-10-35-29-37(22-19-31(35)9-1)49-41-14-5-3-12-39(41)48(40-13-4-6-15-42(40)49)33-20-17-32(18-21-33)36-25-28-47-45(30-36)44-27-24-34-23-26-43-38-11-7-8-16-46(38)53-51(43)50(34)52(44)54-47/h1-17,19-20,22-30H,18,21H2. The van der Waals surface area contributed by atoms with Crippen LogP contribution in [0, 0.1) is 0 Å². The van der Waals surface area contributed by atoms with Gasteiger partial charge in [-0.15, -0.1) is 22.7 Å². The van der Waals surface area contributed by atoms with E-state index in [-0.39, 0.29) is 0 Å². The molecule has 0 amide bonds. The maximum atomic E-state index is 2.46. The van der Waals surface area contributed by atoms with Gasteiger partial charge in [-0.1, -0.05) is 146 Å². The molecule has 0 N–H and O–H groups in total. The second-order valence-electron chi connectivity index (χ2n) is 14.7. The highest BCUT2D eigenvalue weighted by Crippen LogP contribution is 2.47. The Labute approximate surface area is 320 Å². The van der Waals surface area contributed by atoms with E-state index in [0.29, 0.717) is 0 Å². The van der Waals surface area contributed by atoms with Gasteiger partial charge in [-0.3, -0.25) is 0 Å². The molecule has 54 heavy (non-hydrogen) atoms. The van der Waals surface area contributed by atoms with Crippen molar-refractivity contribution in [2.24, 2.45) is 0 Å². The van der Waals surface area contributed by atoms with Crippen molar-refractivity contribution in [1.82, 2.24) is 0 Å². The quantitative estimate of drug-likeness (QED) is 0.159. The summed E-state index contributed by atoms with van der Waals surface area (Å²) in [7, 11) is 0. The normalized spacial score (nSPS) is 13.6. The fourth-order valence-corrected chi connectivity index (χ4v) is 11.8. The van der Waals surface area contributed by atoms with Crippen molar-refractivity contribution in [3.8, 4) is 11.1 Å². The van der Waals surface area contributed by atoms with Crippen LogP contribution in [0.5, 0.6) is 0 Å². The second kappa shape index (κ2) is 11.7. The van der Waals surface area contributed by atoms with Crippen molar-refractivity contribution >= 4 is 117 Å². The summed E-state index contributed by atoms with van der Waals surface area (Å²) in [6, 6.07) is 59.0. The molecule has 2 aromatic heterocycles. The molecule has 2 heterocycles. The molecule has 9 aromatic carbocycles. The summed E-state index contributed by atoms with van der Waals surface area (Å²) in [5.74, 6) is 0. The van der Waals surface area contributed by atoms with Crippen molar-refractivity contribution in [3.63, 3.8) is 0 Å². The highest BCUT2D eigenvalue weighted by atomic mass is 32.1. The third-order valence-corrected chi connectivity index (χ3v) is 14.2. The average molecular weight is 721 g/mol. The summed E-state index contributed by atoms with van der Waals surface area (Å²) in [4.78, 5) is 0. The molecule has 1 aliphatic rings. The number of hydrogen-bond acceptors (Lipinski definition) is 2. The first-order valence-corrected chi connectivity index (χ1v) is 20.4. The van der Waals surface area contributed by atoms with Gasteiger partial charge in [0.15, 0.2) is 0 Å². The molecule has 0 nitrogen and oxygen atoms in total. The first-order valence-electron chi connectivity index (χ1n) is 18.8. The zero-order valence-electron chi connectivity index (χ0n) is 29.4. The van der Waals surface area contributed by atoms with Crippen molar-refractivity contribution in [3.05, 3.63) is 181 Å². The molecular formula is C52H32S2. The summed E-state index contributed by atoms with van der Waals surface area (Å²) in [5.41, 5.74) is 8.12. The van der Waals surface area contributed by atoms with Crippen molar-refractivity contribution in [1.29, 1.82) is 0 Å². The Balaban J connectivity index is 0.992. The van der Waals surface area contributed by atoms with Crippen LogP contribution in [-0.2, 0) is 0 Å². The first kappa shape index (κ1) is 30.4. The van der Waals surface area contributed by atoms with Crippen LogP contribution in [0.15, 0.2) is 170 Å². The van der Waals surface area contributed by atoms with E-state index < -0.39 is 0 Å². The Hall–Kier alpha value is -6.06. The van der Waals surface area contributed by atoms with Crippen LogP contribution >= 0.6 is 22.7 Å². The topological polar surface area (TPSA) is 0 Å². The highest BCUT2D eigenvalue weighted by molar-refractivity contribution is 7.29. The number of thiophene rings is 2. The molecule has 0 spiro atoms. The van der Waals surface area contributed by atoms with E-state index in [1.165, 1.54) is 117 Å². The largest absolute Gasteiger partial charge is 0.134 e. The van der Waals surface area contributed by atoms with Gasteiger partial charge in [0.25, 0.3) is 0 Å². The number of benzene rings is 9. The predicted molar refractivity (Wildman–Crippen MR) is 239 cm³/mol. The van der Waals surface area contributed by atoms with Gasteiger partial charge in [0, 0.05) is 45.7 Å². The summed E-state index contributed by atoms with van der Waals surface area (Å²) in [5, 5.41) is 16.0. The maximum absolute atomic E-state index is 2.46. The molecule has 0 saturated carbocycles. The molecule has 252 valence electrons. The van der Waals surface area contributed by atoms with Gasteiger partial charge in [0.1, 0.15) is 0 Å². The van der Waals surface area contributed by atoms with Crippen molar-refractivity contribution < 1.29 is 0 Å². The van der Waals surface area contributed by atoms with Gasteiger partial charge < -0.3 is 0 Å². The van der Waals surface area contributed by atoms with Gasteiger partial charge in [0.2, 0.25) is 0 Å². The van der Waals surface area contributed by atoms with Gasteiger partial charge >= 0.3 is 0 Å². The lowest BCUT2D eigenvalue weighted by molar-refractivity contribution is 1.08. The van der Waals surface area contributed by atoms with E-state index in [1.807, 2.05) is 22.7 Å². The molecular weight excluding hydrogens is 689 g/mol. The number of rotatable bonds is 3. The van der Waals surface area contributed by atoms with E-state index in [9.17, 15) is 0 Å². The smallest absolute Gasteiger partial charge is 0.0448 e. The number of fused-ring (bicyclic) bond motifs is 12. The average Bonchev–Trinajstić information content (AvgIpc) is 3.81. The summed E-state index contributed by atoms with van der Waals surface area (Å²) < 4.78 is 5.53. The lowest BCUT2D eigenvalue weighted by atomic mass is 9.82. The third kappa shape index (κ3) is 4.48. The van der Waals surface area contributed by atoms with Crippen LogP contribution in [0.3, 0.4) is 0 Å². The van der Waals surface area contributed by atoms with E-state index in [1.54, 1.807) is 0 Å². The monoisotopic (exact) mass is 720 g/mol. The van der Waals surface area contributed by atoms with Gasteiger partial charge in [0.05, 0.1) is 0 Å². The van der Waals surface area contributed by atoms with Crippen LogP contribution in [0.1, 0.15) is 24.0 Å². The van der Waals surface area contributed by atoms with Gasteiger partial charge in [-0.05, 0) is 108 Å². The first-order chi connectivity index (χ1) is 26.8. The molecule has 0 fully saturated rings. The minimum absolute atomic E-state index is 1.01. The molecule has 1 aliphatic carbocycles. The number of hydrogen-bond donors (Lipinski definition) is 0. The maximum Gasteiger partial charge on any atom is 0.0448 e. The zero-order chi connectivity index (χ0) is 35.3. The van der Waals surface area contributed by atoms with Crippen molar-refractivity contribution in [2.45, 2.75) is 12.8 Å². The fraction of sp³-hybridized carbons (Fsp3) is 0.0385. The van der Waals surface area contributed by atoms with E-state index in [2.05, 4.69) is 170 Å². The Bertz CT molecular complexity index is 3380. The van der Waals surface area contributed by atoms with Crippen LogP contribution in [0.25, 0.3) is 106 Å². The lowest BCUT2D eigenvalue weighted by Crippen LogP contribution is -1.97. The van der Waals surface area contributed by atoms with E-state index >= 15 is 0 Å². The van der Waals surface area contributed by atoms with Gasteiger partial charge in [-0.2, -0.15) is 0 Å². The second-order valence-corrected chi connectivity index (χ2v) is 16.8. The highest BCUT2D eigenvalue weighted by Gasteiger charge is 2.20. The van der Waals surface area contributed by atoms with Crippen LogP contribution in [0.4, 0.5) is 0 Å². The van der Waals surface area contributed by atoms with E-state index in [0.717, 1.165) is 12.8 Å². The Kier molecular flexibility index (Phi) is 6.60. The summed E-state index contributed by atoms with van der Waals surface area (Å²) in [6.45, 7) is 0. The third-order valence-electron chi connectivity index (χ3n) is 11.8. The molecule has 0 atom stereocenters. The molecule has 0 bridgehead atoms. The summed E-state index contributed by atoms with van der Waals surface area (Å²) in [6.07, 6.45) is 6.82. The number of allylic oxidation sites excluding steroid dienone is 4. The minimum atomic E-state index is 1.01. The molecule has 11 aromatic rings. The molecule has 2 heteroatoms. The van der Waals surface area contributed by atoms with Crippen LogP contribution in [0.2, 0.25) is 0 Å². The molecule has 0 radical (unpaired) electrons. The van der Waals surface area contributed by atoms with Crippen LogP contribution < -0.4 is 0 Å². The Morgan fingerprint density at radius 3 is 1.57 bits per heavy atom. The van der Waals surface area contributed by atoms with Crippen molar-refractivity contribution in [2.75, 3.05) is 0 Å². The predicted octanol–water partition coefficient (Wildman–Crippen LogP) is 16.0. The Morgan fingerprint density at radius 2 is 0.870 bits per heavy atom. The van der Waals surface area contributed by atoms with Crippen LogP contribution in [-0.4, -0.2) is 0 Å². The fourth-order valence-electron chi connectivity index (χ4n) is 9.23. The Morgan fingerprint density at radius 1 is 0.333 bits per heavy atom. The lowest BCUT2D eigenvalue weighted by Gasteiger charge is -2.21.